The summed E-state index contributed by atoms with van der Waals surface area (Å²) in [5.41, 5.74) is 0.975. The van der Waals surface area contributed by atoms with Crippen LogP contribution in [0.4, 0.5) is 0 Å². The molecule has 5 heteroatoms. The van der Waals surface area contributed by atoms with Crippen LogP contribution in [0.5, 0.6) is 0 Å². The number of hydrogen-bond acceptors (Lipinski definition) is 3. The van der Waals surface area contributed by atoms with Crippen molar-refractivity contribution in [2.75, 3.05) is 7.05 Å². The third kappa shape index (κ3) is 4.12. The van der Waals surface area contributed by atoms with E-state index in [9.17, 15) is 4.79 Å². The number of aliphatic hydroxyl groups excluding tert-OH is 1. The fourth-order valence-corrected chi connectivity index (χ4v) is 1.25. The Labute approximate surface area is 89.1 Å². The molecule has 1 aromatic rings. The van der Waals surface area contributed by atoms with Crippen LogP contribution in [0.15, 0.2) is 12.4 Å². The maximum Gasteiger partial charge on any atom is 0.222 e. The van der Waals surface area contributed by atoms with Crippen molar-refractivity contribution in [3.8, 4) is 0 Å². The Morgan fingerprint density at radius 2 is 2.47 bits per heavy atom. The minimum Gasteiger partial charge on any atom is -0.393 e. The minimum absolute atomic E-state index is 0.0390. The van der Waals surface area contributed by atoms with E-state index < -0.39 is 6.10 Å². The second-order valence-electron chi connectivity index (χ2n) is 3.74. The molecule has 0 fully saturated rings. The molecule has 2 N–H and O–H groups in total. The first-order valence-electron chi connectivity index (χ1n) is 4.99. The summed E-state index contributed by atoms with van der Waals surface area (Å²) in [5, 5.41) is 15.6. The second kappa shape index (κ2) is 5.50. The van der Waals surface area contributed by atoms with E-state index in [0.717, 1.165) is 5.56 Å². The Balaban J connectivity index is 2.33. The number of aliphatic hydroxyl groups is 1. The molecule has 15 heavy (non-hydrogen) atoms. The number of H-pyrrole nitrogens is 1. The van der Waals surface area contributed by atoms with E-state index in [1.165, 1.54) is 0 Å². The number of hydrogen-bond donors (Lipinski definition) is 2. The molecule has 1 aromatic heterocycles. The zero-order valence-corrected chi connectivity index (χ0v) is 9.10. The summed E-state index contributed by atoms with van der Waals surface area (Å²) >= 11 is 0. The zero-order chi connectivity index (χ0) is 11.3. The van der Waals surface area contributed by atoms with E-state index in [1.807, 2.05) is 0 Å². The van der Waals surface area contributed by atoms with E-state index in [1.54, 1.807) is 31.3 Å². The quantitative estimate of drug-likeness (QED) is 0.746. The van der Waals surface area contributed by atoms with Crippen LogP contribution in [0.25, 0.3) is 0 Å². The summed E-state index contributed by atoms with van der Waals surface area (Å²) in [7, 11) is 1.75. The Bertz CT molecular complexity index is 296. The fraction of sp³-hybridized carbons (Fsp3) is 0.600. The second-order valence-corrected chi connectivity index (χ2v) is 3.74. The number of nitrogens with zero attached hydrogens (tertiary/aromatic N) is 2. The lowest BCUT2D eigenvalue weighted by atomic mass is 10.2. The number of aromatic nitrogens is 2. The van der Waals surface area contributed by atoms with Gasteiger partial charge in [-0.3, -0.25) is 9.89 Å². The summed E-state index contributed by atoms with van der Waals surface area (Å²) in [5.74, 6) is 0.0390. The normalized spacial score (nSPS) is 12.5. The SMILES string of the molecule is CC(O)CCC(=O)N(C)Cc1cn[nH]c1. The van der Waals surface area contributed by atoms with E-state index in [-0.39, 0.29) is 5.91 Å². The van der Waals surface area contributed by atoms with Gasteiger partial charge in [-0.2, -0.15) is 5.10 Å². The van der Waals surface area contributed by atoms with Crippen molar-refractivity contribution >= 4 is 5.91 Å². The lowest BCUT2D eigenvalue weighted by Crippen LogP contribution is -2.26. The van der Waals surface area contributed by atoms with E-state index in [4.69, 9.17) is 5.11 Å². The predicted octanol–water partition coefficient (Wildman–Crippen LogP) is 0.529. The molecular formula is C10H17N3O2. The molecule has 1 unspecified atom stereocenters. The van der Waals surface area contributed by atoms with Gasteiger partial charge in [0.1, 0.15) is 0 Å². The molecular weight excluding hydrogens is 194 g/mol. The van der Waals surface area contributed by atoms with Crippen molar-refractivity contribution in [2.24, 2.45) is 0 Å². The lowest BCUT2D eigenvalue weighted by Gasteiger charge is -2.16. The van der Waals surface area contributed by atoms with Crippen LogP contribution in [0.3, 0.4) is 0 Å². The molecule has 0 aliphatic rings. The summed E-state index contributed by atoms with van der Waals surface area (Å²) in [6, 6.07) is 0. The van der Waals surface area contributed by atoms with Crippen molar-refractivity contribution in [3.05, 3.63) is 18.0 Å². The maximum absolute atomic E-state index is 11.6. The average Bonchev–Trinajstić information content (AvgIpc) is 2.66. The van der Waals surface area contributed by atoms with Crippen LogP contribution in [0.2, 0.25) is 0 Å². The number of nitrogens with one attached hydrogen (secondary N) is 1. The first-order chi connectivity index (χ1) is 7.09. The number of carbonyl (C=O) groups excluding carboxylic acids is 1. The molecule has 1 atom stereocenters. The van der Waals surface area contributed by atoms with Gasteiger partial charge in [0.05, 0.1) is 12.3 Å². The van der Waals surface area contributed by atoms with Gasteiger partial charge in [0.2, 0.25) is 5.91 Å². The van der Waals surface area contributed by atoms with Crippen molar-refractivity contribution in [2.45, 2.75) is 32.4 Å². The van der Waals surface area contributed by atoms with Crippen LogP contribution in [-0.2, 0) is 11.3 Å². The van der Waals surface area contributed by atoms with E-state index in [2.05, 4.69) is 10.2 Å². The molecule has 0 bridgehead atoms. The monoisotopic (exact) mass is 211 g/mol. The molecule has 5 nitrogen and oxygen atoms in total. The molecule has 0 aliphatic heterocycles. The van der Waals surface area contributed by atoms with Gasteiger partial charge in [-0.25, -0.2) is 0 Å². The molecule has 0 aliphatic carbocycles. The Morgan fingerprint density at radius 3 is 3.00 bits per heavy atom. The molecule has 1 amide bonds. The van der Waals surface area contributed by atoms with Gasteiger partial charge < -0.3 is 10.0 Å². The largest absolute Gasteiger partial charge is 0.393 e. The third-order valence-electron chi connectivity index (χ3n) is 2.18. The van der Waals surface area contributed by atoms with Crippen molar-refractivity contribution in [3.63, 3.8) is 0 Å². The Kier molecular flexibility index (Phi) is 4.30. The maximum atomic E-state index is 11.6. The van der Waals surface area contributed by atoms with Gasteiger partial charge in [0.15, 0.2) is 0 Å². The highest BCUT2D eigenvalue weighted by atomic mass is 16.3. The van der Waals surface area contributed by atoms with Gasteiger partial charge in [-0.15, -0.1) is 0 Å². The number of aromatic amines is 1. The third-order valence-corrected chi connectivity index (χ3v) is 2.18. The predicted molar refractivity (Wildman–Crippen MR) is 56.0 cm³/mol. The first-order valence-corrected chi connectivity index (χ1v) is 4.99. The Hall–Kier alpha value is -1.36. The number of rotatable bonds is 5. The smallest absolute Gasteiger partial charge is 0.222 e. The molecule has 1 rings (SSSR count). The van der Waals surface area contributed by atoms with Gasteiger partial charge >= 0.3 is 0 Å². The molecule has 0 saturated carbocycles. The standard InChI is InChI=1S/C10H17N3O2/c1-8(14)3-4-10(15)13(2)7-9-5-11-12-6-9/h5-6,8,14H,3-4,7H2,1-2H3,(H,11,12). The van der Waals surface area contributed by atoms with Gasteiger partial charge in [0, 0.05) is 31.8 Å². The summed E-state index contributed by atoms with van der Waals surface area (Å²) in [6.07, 6.45) is 3.92. The molecule has 0 radical (unpaired) electrons. The summed E-state index contributed by atoms with van der Waals surface area (Å²) in [6.45, 7) is 2.23. The lowest BCUT2D eigenvalue weighted by molar-refractivity contribution is -0.131. The van der Waals surface area contributed by atoms with Gasteiger partial charge in [0.25, 0.3) is 0 Å². The topological polar surface area (TPSA) is 69.2 Å². The van der Waals surface area contributed by atoms with Crippen LogP contribution in [0, 0.1) is 0 Å². The average molecular weight is 211 g/mol. The number of carbonyl (C=O) groups is 1. The fourth-order valence-electron chi connectivity index (χ4n) is 1.25. The van der Waals surface area contributed by atoms with Crippen LogP contribution in [-0.4, -0.2) is 39.3 Å². The summed E-state index contributed by atoms with van der Waals surface area (Å²) in [4.78, 5) is 13.2. The molecule has 0 spiro atoms. The van der Waals surface area contributed by atoms with E-state index >= 15 is 0 Å². The minimum atomic E-state index is -0.420. The number of amides is 1. The highest BCUT2D eigenvalue weighted by Gasteiger charge is 2.10. The van der Waals surface area contributed by atoms with Crippen LogP contribution in [0.1, 0.15) is 25.3 Å². The van der Waals surface area contributed by atoms with Crippen molar-refractivity contribution in [1.82, 2.24) is 15.1 Å². The van der Waals surface area contributed by atoms with Crippen LogP contribution >= 0.6 is 0 Å². The Morgan fingerprint density at radius 1 is 1.73 bits per heavy atom. The molecule has 0 aromatic carbocycles. The highest BCUT2D eigenvalue weighted by Crippen LogP contribution is 2.04. The van der Waals surface area contributed by atoms with Crippen molar-refractivity contribution < 1.29 is 9.90 Å². The molecule has 0 saturated heterocycles. The van der Waals surface area contributed by atoms with Gasteiger partial charge in [-0.1, -0.05) is 0 Å². The summed E-state index contributed by atoms with van der Waals surface area (Å²) < 4.78 is 0. The van der Waals surface area contributed by atoms with E-state index in [0.29, 0.717) is 19.4 Å². The first kappa shape index (κ1) is 11.7. The van der Waals surface area contributed by atoms with Crippen LogP contribution < -0.4 is 0 Å². The van der Waals surface area contributed by atoms with Crippen molar-refractivity contribution in [1.29, 1.82) is 0 Å². The highest BCUT2D eigenvalue weighted by molar-refractivity contribution is 5.75. The molecule has 84 valence electrons. The van der Waals surface area contributed by atoms with Gasteiger partial charge in [-0.05, 0) is 13.3 Å². The zero-order valence-electron chi connectivity index (χ0n) is 9.10. The molecule has 1 heterocycles.